The topological polar surface area (TPSA) is 9.23 Å². The third-order valence-electron chi connectivity index (χ3n) is 4.44. The second-order valence-corrected chi connectivity index (χ2v) is 11.9. The van der Waals surface area contributed by atoms with E-state index in [1.54, 1.807) is 0 Å². The predicted molar refractivity (Wildman–Crippen MR) is 71.7 cm³/mol. The van der Waals surface area contributed by atoms with Gasteiger partial charge in [-0.2, -0.15) is 0 Å². The van der Waals surface area contributed by atoms with E-state index in [9.17, 15) is 0 Å². The monoisotopic (exact) mass is 238 g/mol. The molecule has 2 heteroatoms. The minimum absolute atomic E-state index is 0.268. The third-order valence-corrected chi connectivity index (χ3v) is 5.28. The van der Waals surface area contributed by atoms with E-state index in [0.29, 0.717) is 5.41 Å². The molecule has 16 heavy (non-hydrogen) atoms. The van der Waals surface area contributed by atoms with E-state index in [0.717, 1.165) is 11.8 Å². The summed E-state index contributed by atoms with van der Waals surface area (Å²) in [6.45, 7) is 16.2. The summed E-state index contributed by atoms with van der Waals surface area (Å²) in [5, 5.41) is 0. The summed E-state index contributed by atoms with van der Waals surface area (Å²) in [5.41, 5.74) is 0.739. The highest BCUT2D eigenvalue weighted by Crippen LogP contribution is 2.72. The highest BCUT2D eigenvalue weighted by molar-refractivity contribution is 6.70. The van der Waals surface area contributed by atoms with Crippen molar-refractivity contribution in [2.24, 2.45) is 22.7 Å². The van der Waals surface area contributed by atoms with E-state index in [2.05, 4.69) is 53.4 Å². The van der Waals surface area contributed by atoms with E-state index in [-0.39, 0.29) is 5.41 Å². The third kappa shape index (κ3) is 1.66. The molecule has 0 aromatic heterocycles. The van der Waals surface area contributed by atoms with Crippen molar-refractivity contribution in [2.75, 3.05) is 0 Å². The van der Waals surface area contributed by atoms with Gasteiger partial charge in [-0.3, -0.25) is 0 Å². The van der Waals surface area contributed by atoms with Crippen LogP contribution in [0.4, 0.5) is 0 Å². The lowest BCUT2D eigenvalue weighted by Gasteiger charge is -2.31. The van der Waals surface area contributed by atoms with Crippen molar-refractivity contribution in [1.82, 2.24) is 0 Å². The Labute approximate surface area is 101 Å². The average Bonchev–Trinajstić information content (AvgIpc) is 2.72. The first-order chi connectivity index (χ1) is 7.09. The lowest BCUT2D eigenvalue weighted by molar-refractivity contribution is 0.241. The molecule has 2 aliphatic rings. The maximum atomic E-state index is 6.29. The van der Waals surface area contributed by atoms with Gasteiger partial charge in [0, 0.05) is 5.41 Å². The first-order valence-electron chi connectivity index (χ1n) is 6.52. The quantitative estimate of drug-likeness (QED) is 0.661. The molecule has 0 amide bonds. The molecular weight excluding hydrogens is 212 g/mol. The Morgan fingerprint density at radius 1 is 1.31 bits per heavy atom. The van der Waals surface area contributed by atoms with Crippen LogP contribution in [0.25, 0.3) is 0 Å². The molecule has 0 aromatic carbocycles. The number of fused-ring (bicyclic) bond motifs is 1. The Bertz CT molecular complexity index is 335. The van der Waals surface area contributed by atoms with E-state index in [1.165, 1.54) is 12.2 Å². The van der Waals surface area contributed by atoms with E-state index < -0.39 is 8.32 Å². The van der Waals surface area contributed by atoms with Crippen molar-refractivity contribution in [3.63, 3.8) is 0 Å². The fourth-order valence-corrected chi connectivity index (χ4v) is 4.26. The molecule has 1 saturated carbocycles. The first kappa shape index (κ1) is 12.2. The molecule has 0 radical (unpaired) electrons. The second-order valence-electron chi connectivity index (χ2n) is 7.47. The molecule has 0 N–H and O–H groups in total. The Morgan fingerprint density at radius 3 is 2.25 bits per heavy atom. The first-order valence-corrected chi connectivity index (χ1v) is 9.93. The van der Waals surface area contributed by atoms with E-state index in [4.69, 9.17) is 4.43 Å². The maximum absolute atomic E-state index is 6.29. The van der Waals surface area contributed by atoms with Gasteiger partial charge >= 0.3 is 0 Å². The molecule has 0 bridgehead atoms. The predicted octanol–water partition coefficient (Wildman–Crippen LogP) is 4.42. The highest BCUT2D eigenvalue weighted by Gasteiger charge is 2.66. The molecule has 2 rings (SSSR count). The van der Waals surface area contributed by atoms with Crippen molar-refractivity contribution in [3.05, 3.63) is 11.8 Å². The van der Waals surface area contributed by atoms with Gasteiger partial charge in [0.1, 0.15) is 0 Å². The smallest absolute Gasteiger partial charge is 0.241 e. The van der Waals surface area contributed by atoms with Gasteiger partial charge in [0.05, 0.1) is 5.76 Å². The SMILES string of the molecule is CC(C)[C@]12C=C(O[Si](C)(C)C)C(C)(C)[C@H]1C2. The van der Waals surface area contributed by atoms with Crippen molar-refractivity contribution < 1.29 is 4.43 Å². The van der Waals surface area contributed by atoms with Crippen molar-refractivity contribution in [3.8, 4) is 0 Å². The largest absolute Gasteiger partial charge is 0.547 e. The molecule has 0 saturated heterocycles. The number of rotatable bonds is 3. The van der Waals surface area contributed by atoms with Crippen molar-refractivity contribution >= 4 is 8.32 Å². The van der Waals surface area contributed by atoms with Crippen LogP contribution in [-0.4, -0.2) is 8.32 Å². The van der Waals surface area contributed by atoms with Gasteiger partial charge in [-0.15, -0.1) is 0 Å². The summed E-state index contributed by atoms with van der Waals surface area (Å²) in [6, 6.07) is 0. The van der Waals surface area contributed by atoms with Gasteiger partial charge in [-0.05, 0) is 49.4 Å². The molecule has 0 heterocycles. The van der Waals surface area contributed by atoms with Crippen molar-refractivity contribution in [1.29, 1.82) is 0 Å². The zero-order valence-electron chi connectivity index (χ0n) is 11.8. The van der Waals surface area contributed by atoms with Crippen LogP contribution in [0.2, 0.25) is 19.6 Å². The molecule has 92 valence electrons. The van der Waals surface area contributed by atoms with Gasteiger partial charge in [0.15, 0.2) is 0 Å². The van der Waals surface area contributed by atoms with Gasteiger partial charge < -0.3 is 4.43 Å². The van der Waals surface area contributed by atoms with Gasteiger partial charge in [-0.25, -0.2) is 0 Å². The lowest BCUT2D eigenvalue weighted by Crippen LogP contribution is -2.30. The van der Waals surface area contributed by atoms with E-state index in [1.807, 2.05) is 0 Å². The second kappa shape index (κ2) is 3.15. The molecule has 2 aliphatic carbocycles. The molecule has 0 unspecified atom stereocenters. The summed E-state index contributed by atoms with van der Waals surface area (Å²) in [4.78, 5) is 0. The summed E-state index contributed by atoms with van der Waals surface area (Å²) >= 11 is 0. The molecule has 0 aromatic rings. The normalized spacial score (nSPS) is 36.0. The van der Waals surface area contributed by atoms with Gasteiger partial charge in [0.25, 0.3) is 0 Å². The van der Waals surface area contributed by atoms with Crippen LogP contribution in [0.15, 0.2) is 11.8 Å². The summed E-state index contributed by atoms with van der Waals surface area (Å²) in [7, 11) is -1.46. The van der Waals surface area contributed by atoms with Crippen LogP contribution in [-0.2, 0) is 4.43 Å². The van der Waals surface area contributed by atoms with Gasteiger partial charge in [0.2, 0.25) is 8.32 Å². The molecule has 1 nitrogen and oxygen atoms in total. The Kier molecular flexibility index (Phi) is 2.41. The summed E-state index contributed by atoms with van der Waals surface area (Å²) in [5.74, 6) is 2.86. The maximum Gasteiger partial charge on any atom is 0.241 e. The minimum atomic E-state index is -1.46. The average molecular weight is 238 g/mol. The molecule has 0 aliphatic heterocycles. The van der Waals surface area contributed by atoms with Gasteiger partial charge in [-0.1, -0.05) is 27.7 Å². The van der Waals surface area contributed by atoms with Crippen LogP contribution < -0.4 is 0 Å². The van der Waals surface area contributed by atoms with Crippen LogP contribution in [0.1, 0.15) is 34.1 Å². The molecule has 1 fully saturated rings. The fourth-order valence-electron chi connectivity index (χ4n) is 3.28. The Balaban J connectivity index is 2.26. The molecular formula is C14H26OSi. The van der Waals surface area contributed by atoms with Crippen LogP contribution in [0, 0.1) is 22.7 Å². The standard InChI is InChI=1S/C14H26OSi/c1-10(2)14-8-11(14)13(3,4)12(9-14)15-16(5,6)7/h9-11H,8H2,1-7H3/t11-,14+/m1/s1. The van der Waals surface area contributed by atoms with Crippen LogP contribution >= 0.6 is 0 Å². The zero-order chi connectivity index (χ0) is 12.4. The van der Waals surface area contributed by atoms with Crippen LogP contribution in [0.3, 0.4) is 0 Å². The van der Waals surface area contributed by atoms with Crippen molar-refractivity contribution in [2.45, 2.75) is 53.8 Å². The lowest BCUT2D eigenvalue weighted by atomic mass is 9.85. The summed E-state index contributed by atoms with van der Waals surface area (Å²) in [6.07, 6.45) is 3.84. The fraction of sp³-hybridized carbons (Fsp3) is 0.857. The highest BCUT2D eigenvalue weighted by atomic mass is 28.4. The van der Waals surface area contributed by atoms with Crippen LogP contribution in [0.5, 0.6) is 0 Å². The Morgan fingerprint density at radius 2 is 1.88 bits per heavy atom. The number of hydrogen-bond acceptors (Lipinski definition) is 1. The zero-order valence-corrected chi connectivity index (χ0v) is 12.8. The molecule has 0 spiro atoms. The summed E-state index contributed by atoms with van der Waals surface area (Å²) < 4.78 is 6.29. The number of allylic oxidation sites excluding steroid dienone is 2. The molecule has 2 atom stereocenters. The Hall–Kier alpha value is -0.243. The minimum Gasteiger partial charge on any atom is -0.547 e. The number of hydrogen-bond donors (Lipinski definition) is 0. The van der Waals surface area contributed by atoms with E-state index >= 15 is 0 Å².